The Morgan fingerprint density at radius 1 is 1.10 bits per heavy atom. The number of hydrogen-bond donors (Lipinski definition) is 1. The molecule has 2 saturated heterocycles. The molecule has 1 aromatic rings. The summed E-state index contributed by atoms with van der Waals surface area (Å²) < 4.78 is 33.4. The first-order valence-electron chi connectivity index (χ1n) is 9.95. The molecule has 0 saturated carbocycles. The maximum absolute atomic E-state index is 13.4. The molecule has 3 aliphatic heterocycles. The zero-order valence-electron chi connectivity index (χ0n) is 16.0. The molecule has 1 atom stereocenters. The number of anilines is 1. The van der Waals surface area contributed by atoms with Crippen molar-refractivity contribution in [1.82, 2.24) is 9.21 Å². The van der Waals surface area contributed by atoms with Gasteiger partial charge in [-0.1, -0.05) is 24.4 Å². The summed E-state index contributed by atoms with van der Waals surface area (Å²) in [5, 5.41) is 2.60. The Bertz CT molecular complexity index is 928. The minimum atomic E-state index is -4.00. The number of likely N-dealkylation sites (tertiary alicyclic amines) is 1. The molecule has 1 N–H and O–H groups in total. The number of carbonyl (C=O) groups is 2. The molecule has 10 heteroatoms. The van der Waals surface area contributed by atoms with Gasteiger partial charge in [0.25, 0.3) is 5.91 Å². The van der Waals surface area contributed by atoms with Crippen molar-refractivity contribution in [3.63, 3.8) is 0 Å². The van der Waals surface area contributed by atoms with E-state index in [4.69, 9.17) is 16.3 Å². The third-order valence-corrected chi connectivity index (χ3v) is 8.03. The van der Waals surface area contributed by atoms with Crippen LogP contribution in [-0.2, 0) is 19.6 Å². The molecule has 0 aliphatic carbocycles. The Balaban J connectivity index is 1.62. The lowest BCUT2D eigenvalue weighted by atomic mass is 10.2. The molecule has 4 rings (SSSR count). The molecule has 0 bridgehead atoms. The van der Waals surface area contributed by atoms with Gasteiger partial charge in [0.1, 0.15) is 16.7 Å². The van der Waals surface area contributed by atoms with Crippen LogP contribution < -0.4 is 10.1 Å². The minimum absolute atomic E-state index is 0.0116. The highest BCUT2D eigenvalue weighted by Gasteiger charge is 2.42. The molecule has 29 heavy (non-hydrogen) atoms. The molecule has 158 valence electrons. The van der Waals surface area contributed by atoms with Crippen molar-refractivity contribution in [3.05, 3.63) is 17.2 Å². The molecule has 8 nitrogen and oxygen atoms in total. The molecular weight excluding hydrogens is 418 g/mol. The van der Waals surface area contributed by atoms with Gasteiger partial charge in [0.2, 0.25) is 15.9 Å². The lowest BCUT2D eigenvalue weighted by Gasteiger charge is -2.29. The summed E-state index contributed by atoms with van der Waals surface area (Å²) in [7, 11) is -4.00. The van der Waals surface area contributed by atoms with Gasteiger partial charge < -0.3 is 15.0 Å². The molecule has 2 amide bonds. The first-order chi connectivity index (χ1) is 13.9. The molecule has 1 aromatic carbocycles. The van der Waals surface area contributed by atoms with Crippen LogP contribution in [0.4, 0.5) is 5.69 Å². The van der Waals surface area contributed by atoms with Gasteiger partial charge in [-0.25, -0.2) is 8.42 Å². The molecule has 3 aliphatic rings. The predicted molar refractivity (Wildman–Crippen MR) is 108 cm³/mol. The van der Waals surface area contributed by atoms with Gasteiger partial charge in [0.05, 0.1) is 10.7 Å². The van der Waals surface area contributed by atoms with Crippen molar-refractivity contribution in [3.8, 4) is 5.75 Å². The van der Waals surface area contributed by atoms with Gasteiger partial charge in [-0.3, -0.25) is 9.59 Å². The van der Waals surface area contributed by atoms with Gasteiger partial charge >= 0.3 is 0 Å². The fraction of sp³-hybridized carbons (Fsp3) is 0.579. The van der Waals surface area contributed by atoms with Crippen LogP contribution in [0.25, 0.3) is 0 Å². The fourth-order valence-corrected chi connectivity index (χ4v) is 6.35. The summed E-state index contributed by atoms with van der Waals surface area (Å²) in [6.45, 7) is 1.44. The number of ether oxygens (including phenoxy) is 1. The second-order valence-corrected chi connectivity index (χ2v) is 9.90. The fourth-order valence-electron chi connectivity index (χ4n) is 4.18. The number of rotatable bonds is 3. The summed E-state index contributed by atoms with van der Waals surface area (Å²) in [4.78, 5) is 26.3. The van der Waals surface area contributed by atoms with Crippen molar-refractivity contribution in [2.45, 2.75) is 49.5 Å². The Morgan fingerprint density at radius 2 is 1.83 bits per heavy atom. The number of fused-ring (bicyclic) bond motifs is 1. The molecule has 2 fully saturated rings. The lowest BCUT2D eigenvalue weighted by molar-refractivity contribution is -0.134. The summed E-state index contributed by atoms with van der Waals surface area (Å²) in [5.41, 5.74) is 0.337. The van der Waals surface area contributed by atoms with Crippen molar-refractivity contribution >= 4 is 39.1 Å². The number of nitrogens with one attached hydrogen (secondary N) is 1. The van der Waals surface area contributed by atoms with Crippen LogP contribution in [0.5, 0.6) is 5.75 Å². The zero-order chi connectivity index (χ0) is 20.6. The van der Waals surface area contributed by atoms with E-state index >= 15 is 0 Å². The van der Waals surface area contributed by atoms with Gasteiger partial charge in [0, 0.05) is 25.7 Å². The van der Waals surface area contributed by atoms with Gasteiger partial charge in [0.15, 0.2) is 6.61 Å². The number of nitrogens with zero attached hydrogens (tertiary/aromatic N) is 2. The number of hydrogen-bond acceptors (Lipinski definition) is 5. The van der Waals surface area contributed by atoms with E-state index in [1.54, 1.807) is 4.90 Å². The van der Waals surface area contributed by atoms with Crippen LogP contribution in [0.2, 0.25) is 5.02 Å². The van der Waals surface area contributed by atoms with Crippen LogP contribution in [0, 0.1) is 0 Å². The number of amides is 2. The molecule has 1 unspecified atom stereocenters. The normalized spacial score (nSPS) is 23.1. The second kappa shape index (κ2) is 8.12. The highest BCUT2D eigenvalue weighted by molar-refractivity contribution is 7.89. The zero-order valence-corrected chi connectivity index (χ0v) is 17.6. The second-order valence-electron chi connectivity index (χ2n) is 7.63. The SMILES string of the molecule is O=C1COc2cc(S(=O)(=O)N3CCCC3C(=O)N3CCCCCC3)c(Cl)cc2N1. The van der Waals surface area contributed by atoms with Gasteiger partial charge in [-0.05, 0) is 31.7 Å². The van der Waals surface area contributed by atoms with Crippen LogP contribution >= 0.6 is 11.6 Å². The average molecular weight is 442 g/mol. The first kappa shape index (κ1) is 20.4. The smallest absolute Gasteiger partial charge is 0.262 e. The van der Waals surface area contributed by atoms with E-state index in [9.17, 15) is 18.0 Å². The van der Waals surface area contributed by atoms with Gasteiger partial charge in [-0.2, -0.15) is 4.31 Å². The van der Waals surface area contributed by atoms with E-state index in [2.05, 4.69) is 5.32 Å². The van der Waals surface area contributed by atoms with Crippen LogP contribution in [0.3, 0.4) is 0 Å². The number of sulfonamides is 1. The van der Waals surface area contributed by atoms with Crippen LogP contribution in [-0.4, -0.2) is 61.7 Å². The maximum atomic E-state index is 13.4. The van der Waals surface area contributed by atoms with E-state index in [1.807, 2.05) is 0 Å². The van der Waals surface area contributed by atoms with E-state index in [0.29, 0.717) is 31.6 Å². The molecular formula is C19H24ClN3O5S. The van der Waals surface area contributed by atoms with E-state index in [-0.39, 0.29) is 40.6 Å². The number of carbonyl (C=O) groups excluding carboxylic acids is 2. The molecule has 0 radical (unpaired) electrons. The van der Waals surface area contributed by atoms with Crippen molar-refractivity contribution < 1.29 is 22.7 Å². The number of halogens is 1. The summed E-state index contributed by atoms with van der Waals surface area (Å²) in [6.07, 6.45) is 5.22. The molecule has 3 heterocycles. The van der Waals surface area contributed by atoms with Crippen LogP contribution in [0.1, 0.15) is 38.5 Å². The van der Waals surface area contributed by atoms with Gasteiger partial charge in [-0.15, -0.1) is 0 Å². The average Bonchev–Trinajstić information content (AvgIpc) is 3.03. The van der Waals surface area contributed by atoms with E-state index in [0.717, 1.165) is 25.7 Å². The topological polar surface area (TPSA) is 96.0 Å². The largest absolute Gasteiger partial charge is 0.482 e. The Morgan fingerprint density at radius 3 is 2.55 bits per heavy atom. The maximum Gasteiger partial charge on any atom is 0.262 e. The third-order valence-electron chi connectivity index (χ3n) is 5.66. The predicted octanol–water partition coefficient (Wildman–Crippen LogP) is 2.23. The summed E-state index contributed by atoms with van der Waals surface area (Å²) in [5.74, 6) is -0.195. The van der Waals surface area contributed by atoms with Crippen LogP contribution in [0.15, 0.2) is 17.0 Å². The van der Waals surface area contributed by atoms with Crippen molar-refractivity contribution in [2.75, 3.05) is 31.6 Å². The van der Waals surface area contributed by atoms with E-state index < -0.39 is 16.1 Å². The lowest BCUT2D eigenvalue weighted by Crippen LogP contribution is -2.48. The minimum Gasteiger partial charge on any atom is -0.482 e. The van der Waals surface area contributed by atoms with Crippen molar-refractivity contribution in [1.29, 1.82) is 0 Å². The quantitative estimate of drug-likeness (QED) is 0.775. The summed E-state index contributed by atoms with van der Waals surface area (Å²) >= 11 is 6.26. The Hall–Kier alpha value is -1.84. The molecule has 0 aromatic heterocycles. The number of benzene rings is 1. The Labute approximate surface area is 175 Å². The van der Waals surface area contributed by atoms with Crippen molar-refractivity contribution in [2.24, 2.45) is 0 Å². The first-order valence-corrected chi connectivity index (χ1v) is 11.8. The molecule has 0 spiro atoms. The van der Waals surface area contributed by atoms with E-state index in [1.165, 1.54) is 16.4 Å². The highest BCUT2D eigenvalue weighted by Crippen LogP contribution is 2.38. The Kier molecular flexibility index (Phi) is 5.72. The third kappa shape index (κ3) is 3.95. The monoisotopic (exact) mass is 441 g/mol. The standard InChI is InChI=1S/C19H24ClN3O5S/c20-13-10-14-16(28-12-18(24)21-14)11-17(13)29(26,27)23-9-5-6-15(23)19(25)22-7-3-1-2-4-8-22/h10-11,15H,1-9,12H2,(H,21,24). The highest BCUT2D eigenvalue weighted by atomic mass is 35.5. The summed E-state index contributed by atoms with van der Waals surface area (Å²) in [6, 6.07) is 2.01.